The molecule has 0 saturated heterocycles. The van der Waals surface area contributed by atoms with E-state index < -0.39 is 5.82 Å². The zero-order chi connectivity index (χ0) is 20.0. The van der Waals surface area contributed by atoms with Crippen LogP contribution in [0.15, 0.2) is 43.0 Å². The molecule has 1 atom stereocenters. The molecule has 0 fully saturated rings. The molecule has 3 aromatic heterocycles. The van der Waals surface area contributed by atoms with Gasteiger partial charge in [0.25, 0.3) is 0 Å². The number of nitrogens with one attached hydrogen (secondary N) is 1. The third-order valence-corrected chi connectivity index (χ3v) is 5.72. The Morgan fingerprint density at radius 3 is 2.61 bits per heavy atom. The van der Waals surface area contributed by atoms with Crippen molar-refractivity contribution in [2.75, 3.05) is 0 Å². The van der Waals surface area contributed by atoms with Gasteiger partial charge < -0.3 is 4.98 Å². The Morgan fingerprint density at radius 2 is 1.89 bits per heavy atom. The van der Waals surface area contributed by atoms with E-state index in [1.54, 1.807) is 0 Å². The summed E-state index contributed by atoms with van der Waals surface area (Å²) in [7, 11) is 0. The number of benzene rings is 1. The summed E-state index contributed by atoms with van der Waals surface area (Å²) in [6, 6.07) is 5.16. The lowest BCUT2D eigenvalue weighted by molar-refractivity contribution is 0.532. The predicted molar refractivity (Wildman–Crippen MR) is 112 cm³/mol. The Kier molecular flexibility index (Phi) is 4.89. The smallest absolute Gasteiger partial charge is 0.142 e. The number of fused-ring (bicyclic) bond motifs is 1. The summed E-state index contributed by atoms with van der Waals surface area (Å²) in [5.74, 6) is -0.687. The second-order valence-electron chi connectivity index (χ2n) is 7.15. The molecule has 4 rings (SSSR count). The monoisotopic (exact) mass is 416 g/mol. The van der Waals surface area contributed by atoms with Gasteiger partial charge in [-0.2, -0.15) is 5.10 Å². The second-order valence-corrected chi connectivity index (χ2v) is 7.93. The SMILES string of the molecule is CC(c1c(Cl)ccc(F)c1Cl)c1c[nH]c2ncc(-c3cnn(C(C)C)c3)cc12. The van der Waals surface area contributed by atoms with Crippen molar-refractivity contribution in [2.45, 2.75) is 32.7 Å². The zero-order valence-electron chi connectivity index (χ0n) is 15.7. The van der Waals surface area contributed by atoms with Crippen molar-refractivity contribution in [3.05, 3.63) is 70.0 Å². The van der Waals surface area contributed by atoms with Crippen molar-refractivity contribution in [3.63, 3.8) is 0 Å². The topological polar surface area (TPSA) is 46.5 Å². The standard InChI is InChI=1S/C21H19Cl2FN4/c1-11(2)28-10-14(8-27-28)13-6-15-16(9-26-21(15)25-7-13)12(3)19-17(22)4-5-18(24)20(19)23/h4-12H,1-3H3,(H,25,26). The summed E-state index contributed by atoms with van der Waals surface area (Å²) in [6.45, 7) is 6.12. The van der Waals surface area contributed by atoms with Gasteiger partial charge in [-0.1, -0.05) is 30.1 Å². The minimum atomic E-state index is -0.479. The molecule has 0 bridgehead atoms. The molecule has 1 unspecified atom stereocenters. The largest absolute Gasteiger partial charge is 0.346 e. The number of nitrogens with zero attached hydrogens (tertiary/aromatic N) is 3. The van der Waals surface area contributed by atoms with E-state index in [-0.39, 0.29) is 17.0 Å². The van der Waals surface area contributed by atoms with E-state index in [1.807, 2.05) is 36.4 Å². The Labute approximate surface area is 172 Å². The summed E-state index contributed by atoms with van der Waals surface area (Å²) in [4.78, 5) is 7.72. The van der Waals surface area contributed by atoms with E-state index in [0.29, 0.717) is 10.6 Å². The highest BCUT2D eigenvalue weighted by Gasteiger charge is 2.21. The summed E-state index contributed by atoms with van der Waals surface area (Å²) in [5, 5.41) is 5.84. The third kappa shape index (κ3) is 3.19. The molecule has 144 valence electrons. The molecule has 0 amide bonds. The van der Waals surface area contributed by atoms with Crippen LogP contribution in [0.25, 0.3) is 22.2 Å². The molecular formula is C21H19Cl2FN4. The van der Waals surface area contributed by atoms with Crippen LogP contribution >= 0.6 is 23.2 Å². The molecule has 0 saturated carbocycles. The second kappa shape index (κ2) is 7.22. The van der Waals surface area contributed by atoms with Crippen LogP contribution in [0.2, 0.25) is 10.0 Å². The van der Waals surface area contributed by atoms with Crippen molar-refractivity contribution in [1.29, 1.82) is 0 Å². The van der Waals surface area contributed by atoms with E-state index in [1.165, 1.54) is 12.1 Å². The molecule has 0 aliphatic carbocycles. The van der Waals surface area contributed by atoms with Crippen LogP contribution in [0.1, 0.15) is 43.9 Å². The highest BCUT2D eigenvalue weighted by Crippen LogP contribution is 2.39. The molecule has 3 heterocycles. The maximum Gasteiger partial charge on any atom is 0.142 e. The molecular weight excluding hydrogens is 398 g/mol. The molecule has 0 radical (unpaired) electrons. The van der Waals surface area contributed by atoms with Crippen LogP contribution < -0.4 is 0 Å². The number of H-pyrrole nitrogens is 1. The Morgan fingerprint density at radius 1 is 1.11 bits per heavy atom. The van der Waals surface area contributed by atoms with E-state index in [9.17, 15) is 4.39 Å². The number of pyridine rings is 1. The fraction of sp³-hybridized carbons (Fsp3) is 0.238. The average Bonchev–Trinajstić information content (AvgIpc) is 3.31. The molecule has 0 aliphatic heterocycles. The average molecular weight is 417 g/mol. The summed E-state index contributed by atoms with van der Waals surface area (Å²) in [6.07, 6.45) is 7.53. The van der Waals surface area contributed by atoms with Gasteiger partial charge in [-0.25, -0.2) is 9.37 Å². The fourth-order valence-corrected chi connectivity index (χ4v) is 4.10. The molecule has 4 nitrogen and oxygen atoms in total. The zero-order valence-corrected chi connectivity index (χ0v) is 17.2. The fourth-order valence-electron chi connectivity index (χ4n) is 3.40. The van der Waals surface area contributed by atoms with Gasteiger partial charge in [0.15, 0.2) is 0 Å². The van der Waals surface area contributed by atoms with Gasteiger partial charge in [0.1, 0.15) is 11.5 Å². The normalized spacial score (nSPS) is 12.8. The minimum absolute atomic E-state index is 0.0525. The lowest BCUT2D eigenvalue weighted by Gasteiger charge is -2.15. The molecule has 0 aliphatic rings. The third-order valence-electron chi connectivity index (χ3n) is 5.01. The summed E-state index contributed by atoms with van der Waals surface area (Å²) >= 11 is 12.6. The van der Waals surface area contributed by atoms with Crippen molar-refractivity contribution in [2.24, 2.45) is 0 Å². The molecule has 28 heavy (non-hydrogen) atoms. The predicted octanol–water partition coefficient (Wildman–Crippen LogP) is 6.61. The van der Waals surface area contributed by atoms with E-state index in [4.69, 9.17) is 23.2 Å². The van der Waals surface area contributed by atoms with Gasteiger partial charge in [-0.05, 0) is 43.2 Å². The van der Waals surface area contributed by atoms with Crippen LogP contribution in [-0.2, 0) is 0 Å². The molecule has 1 N–H and O–H groups in total. The minimum Gasteiger partial charge on any atom is -0.346 e. The first kappa shape index (κ1) is 19.0. The number of aromatic nitrogens is 4. The lowest BCUT2D eigenvalue weighted by atomic mass is 9.92. The summed E-state index contributed by atoms with van der Waals surface area (Å²) in [5.41, 5.74) is 4.23. The first-order chi connectivity index (χ1) is 13.4. The number of aromatic amines is 1. The van der Waals surface area contributed by atoms with Crippen LogP contribution in [0.5, 0.6) is 0 Å². The maximum atomic E-state index is 14.0. The van der Waals surface area contributed by atoms with Crippen LogP contribution in [0.4, 0.5) is 4.39 Å². The first-order valence-corrected chi connectivity index (χ1v) is 9.77. The highest BCUT2D eigenvalue weighted by atomic mass is 35.5. The first-order valence-electron chi connectivity index (χ1n) is 9.01. The molecule has 7 heteroatoms. The molecule has 0 spiro atoms. The summed E-state index contributed by atoms with van der Waals surface area (Å²) < 4.78 is 15.9. The number of hydrogen-bond donors (Lipinski definition) is 1. The van der Waals surface area contributed by atoms with Gasteiger partial charge in [-0.15, -0.1) is 0 Å². The van der Waals surface area contributed by atoms with Crippen LogP contribution in [0.3, 0.4) is 0 Å². The Hall–Kier alpha value is -2.37. The number of hydrogen-bond acceptors (Lipinski definition) is 2. The van der Waals surface area contributed by atoms with Gasteiger partial charge in [0.05, 0.1) is 11.2 Å². The van der Waals surface area contributed by atoms with E-state index in [2.05, 4.69) is 35.0 Å². The quantitative estimate of drug-likeness (QED) is 0.380. The Balaban J connectivity index is 1.81. The van der Waals surface area contributed by atoms with Crippen molar-refractivity contribution >= 4 is 34.2 Å². The van der Waals surface area contributed by atoms with Crippen molar-refractivity contribution < 1.29 is 4.39 Å². The van der Waals surface area contributed by atoms with E-state index in [0.717, 1.165) is 27.7 Å². The lowest BCUT2D eigenvalue weighted by Crippen LogP contribution is -2.00. The Bertz CT molecular complexity index is 1160. The highest BCUT2D eigenvalue weighted by molar-refractivity contribution is 6.36. The van der Waals surface area contributed by atoms with Crippen LogP contribution in [0, 0.1) is 5.82 Å². The van der Waals surface area contributed by atoms with Gasteiger partial charge in [0.2, 0.25) is 0 Å². The van der Waals surface area contributed by atoms with E-state index >= 15 is 0 Å². The maximum absolute atomic E-state index is 14.0. The number of halogens is 3. The van der Waals surface area contributed by atoms with Gasteiger partial charge in [-0.3, -0.25) is 4.68 Å². The van der Waals surface area contributed by atoms with Crippen LogP contribution in [-0.4, -0.2) is 19.7 Å². The van der Waals surface area contributed by atoms with Crippen molar-refractivity contribution in [3.8, 4) is 11.1 Å². The van der Waals surface area contributed by atoms with Gasteiger partial charge in [0, 0.05) is 52.1 Å². The van der Waals surface area contributed by atoms with Crippen molar-refractivity contribution in [1.82, 2.24) is 19.7 Å². The number of rotatable bonds is 4. The molecule has 4 aromatic rings. The van der Waals surface area contributed by atoms with Gasteiger partial charge >= 0.3 is 0 Å². The molecule has 1 aromatic carbocycles.